The highest BCUT2D eigenvalue weighted by Gasteiger charge is 2.34. The SMILES string of the molecule is CC[C@@H](C(=O)NC1CCCC1)N(Cc1cccc(OC)c1)C(=O)CN(c1cccc(Br)c1)S(=O)(=O)c1ccc(C)cc1. The van der Waals surface area contributed by atoms with Crippen LogP contribution in [0.4, 0.5) is 5.69 Å². The van der Waals surface area contributed by atoms with E-state index in [0.717, 1.165) is 41.1 Å². The Balaban J connectivity index is 1.72. The summed E-state index contributed by atoms with van der Waals surface area (Å²) in [6.45, 7) is 3.37. The van der Waals surface area contributed by atoms with E-state index >= 15 is 0 Å². The highest BCUT2D eigenvalue weighted by molar-refractivity contribution is 9.10. The molecular weight excluding hydrogens is 618 g/mol. The van der Waals surface area contributed by atoms with Gasteiger partial charge < -0.3 is 15.0 Å². The Morgan fingerprint density at radius 3 is 2.36 bits per heavy atom. The van der Waals surface area contributed by atoms with Crippen LogP contribution in [-0.4, -0.2) is 50.9 Å². The van der Waals surface area contributed by atoms with Crippen LogP contribution < -0.4 is 14.4 Å². The van der Waals surface area contributed by atoms with Crippen molar-refractivity contribution in [3.05, 3.63) is 88.4 Å². The molecule has 42 heavy (non-hydrogen) atoms. The number of anilines is 1. The van der Waals surface area contributed by atoms with Crippen LogP contribution in [0.2, 0.25) is 0 Å². The zero-order valence-corrected chi connectivity index (χ0v) is 26.7. The average molecular weight is 657 g/mol. The molecule has 10 heteroatoms. The van der Waals surface area contributed by atoms with Crippen molar-refractivity contribution in [2.24, 2.45) is 0 Å². The maximum atomic E-state index is 14.2. The number of halogens is 1. The topological polar surface area (TPSA) is 96.0 Å². The second-order valence-electron chi connectivity index (χ2n) is 10.6. The first-order valence-corrected chi connectivity index (χ1v) is 16.4. The van der Waals surface area contributed by atoms with Crippen LogP contribution in [0.1, 0.15) is 50.2 Å². The van der Waals surface area contributed by atoms with Gasteiger partial charge in [0, 0.05) is 17.1 Å². The number of sulfonamides is 1. The van der Waals surface area contributed by atoms with Crippen molar-refractivity contribution in [3.8, 4) is 5.75 Å². The molecule has 1 aliphatic carbocycles. The predicted octanol–water partition coefficient (Wildman–Crippen LogP) is 5.83. The number of amides is 2. The summed E-state index contributed by atoms with van der Waals surface area (Å²) in [5.41, 5.74) is 2.02. The minimum atomic E-state index is -4.13. The van der Waals surface area contributed by atoms with Gasteiger partial charge in [0.05, 0.1) is 17.7 Å². The highest BCUT2D eigenvalue weighted by Crippen LogP contribution is 2.28. The van der Waals surface area contributed by atoms with Crippen molar-refractivity contribution >= 4 is 43.5 Å². The Morgan fingerprint density at radius 2 is 1.71 bits per heavy atom. The lowest BCUT2D eigenvalue weighted by Crippen LogP contribution is -2.53. The molecule has 0 aromatic heterocycles. The third-order valence-electron chi connectivity index (χ3n) is 7.56. The third kappa shape index (κ3) is 7.72. The largest absolute Gasteiger partial charge is 0.497 e. The number of carbonyl (C=O) groups excluding carboxylic acids is 2. The summed E-state index contributed by atoms with van der Waals surface area (Å²) in [4.78, 5) is 29.4. The van der Waals surface area contributed by atoms with E-state index in [0.29, 0.717) is 22.3 Å². The first kappa shape index (κ1) is 31.6. The average Bonchev–Trinajstić information content (AvgIpc) is 3.49. The minimum Gasteiger partial charge on any atom is -0.497 e. The van der Waals surface area contributed by atoms with Gasteiger partial charge in [-0.05, 0) is 74.2 Å². The number of hydrogen-bond donors (Lipinski definition) is 1. The number of hydrogen-bond acceptors (Lipinski definition) is 5. The van der Waals surface area contributed by atoms with E-state index in [2.05, 4.69) is 21.2 Å². The number of carbonyl (C=O) groups is 2. The fourth-order valence-corrected chi connectivity index (χ4v) is 7.05. The maximum Gasteiger partial charge on any atom is 0.264 e. The smallest absolute Gasteiger partial charge is 0.264 e. The van der Waals surface area contributed by atoms with E-state index < -0.39 is 28.5 Å². The molecule has 1 atom stereocenters. The molecule has 0 unspecified atom stereocenters. The molecule has 3 aromatic carbocycles. The molecule has 1 fully saturated rings. The molecule has 0 bridgehead atoms. The van der Waals surface area contributed by atoms with Crippen molar-refractivity contribution in [3.63, 3.8) is 0 Å². The molecule has 2 amide bonds. The van der Waals surface area contributed by atoms with Gasteiger partial charge in [0.2, 0.25) is 11.8 Å². The monoisotopic (exact) mass is 655 g/mol. The molecular formula is C32H38BrN3O5S. The first-order valence-electron chi connectivity index (χ1n) is 14.2. The Labute approximate surface area is 257 Å². The van der Waals surface area contributed by atoms with Crippen LogP contribution in [0.15, 0.2) is 82.2 Å². The van der Waals surface area contributed by atoms with E-state index in [9.17, 15) is 18.0 Å². The molecule has 1 saturated carbocycles. The van der Waals surface area contributed by atoms with Crippen LogP contribution in [0, 0.1) is 6.92 Å². The summed E-state index contributed by atoms with van der Waals surface area (Å²) in [5.74, 6) is -0.0842. The standard InChI is InChI=1S/C32H38BrN3O5S/c1-4-30(32(38)34-26-11-5-6-12-26)35(21-24-9-7-14-28(19-24)41-3)31(37)22-36(27-13-8-10-25(33)20-27)42(39,40)29-17-15-23(2)16-18-29/h7-10,13-20,26,30H,4-6,11-12,21-22H2,1-3H3,(H,34,38)/t30-/m0/s1. The summed E-state index contributed by atoms with van der Waals surface area (Å²) in [6, 6.07) is 20.0. The number of nitrogens with zero attached hydrogens (tertiary/aromatic N) is 2. The van der Waals surface area contributed by atoms with Crippen molar-refractivity contribution in [2.75, 3.05) is 18.0 Å². The summed E-state index contributed by atoms with van der Waals surface area (Å²) in [7, 11) is -2.56. The summed E-state index contributed by atoms with van der Waals surface area (Å²) >= 11 is 3.43. The van der Waals surface area contributed by atoms with Gasteiger partial charge in [0.1, 0.15) is 18.3 Å². The van der Waals surface area contributed by atoms with Gasteiger partial charge in [-0.2, -0.15) is 0 Å². The fourth-order valence-electron chi connectivity index (χ4n) is 5.25. The zero-order valence-electron chi connectivity index (χ0n) is 24.3. The molecule has 224 valence electrons. The van der Waals surface area contributed by atoms with Crippen molar-refractivity contribution in [1.29, 1.82) is 0 Å². The van der Waals surface area contributed by atoms with Crippen molar-refractivity contribution in [2.45, 2.75) is 69.5 Å². The molecule has 0 radical (unpaired) electrons. The first-order chi connectivity index (χ1) is 20.1. The second kappa shape index (κ2) is 14.2. The molecule has 3 aromatic rings. The lowest BCUT2D eigenvalue weighted by Gasteiger charge is -2.34. The third-order valence-corrected chi connectivity index (χ3v) is 9.84. The quantitative estimate of drug-likeness (QED) is 0.265. The summed E-state index contributed by atoms with van der Waals surface area (Å²) in [6.07, 6.45) is 4.32. The van der Waals surface area contributed by atoms with Crippen LogP contribution in [0.5, 0.6) is 5.75 Å². The van der Waals surface area contributed by atoms with Crippen molar-refractivity contribution in [1.82, 2.24) is 10.2 Å². The lowest BCUT2D eigenvalue weighted by atomic mass is 10.1. The molecule has 8 nitrogen and oxygen atoms in total. The predicted molar refractivity (Wildman–Crippen MR) is 168 cm³/mol. The number of rotatable bonds is 12. The van der Waals surface area contributed by atoms with E-state index in [1.54, 1.807) is 43.5 Å². The summed E-state index contributed by atoms with van der Waals surface area (Å²) < 4.78 is 35.2. The van der Waals surface area contributed by atoms with Gasteiger partial charge >= 0.3 is 0 Å². The molecule has 0 aliphatic heterocycles. The number of aryl methyl sites for hydroxylation is 1. The van der Waals surface area contributed by atoms with Gasteiger partial charge in [-0.15, -0.1) is 0 Å². The van der Waals surface area contributed by atoms with Gasteiger partial charge in [-0.1, -0.05) is 71.6 Å². The second-order valence-corrected chi connectivity index (χ2v) is 13.4. The number of benzene rings is 3. The van der Waals surface area contributed by atoms with Crippen LogP contribution in [0.25, 0.3) is 0 Å². The molecule has 4 rings (SSSR count). The van der Waals surface area contributed by atoms with E-state index in [1.165, 1.54) is 17.0 Å². The molecule has 0 spiro atoms. The van der Waals surface area contributed by atoms with Gasteiger partial charge in [0.25, 0.3) is 10.0 Å². The Morgan fingerprint density at radius 1 is 1.02 bits per heavy atom. The normalized spacial score (nSPS) is 14.3. The molecule has 0 saturated heterocycles. The zero-order chi connectivity index (χ0) is 30.3. The fraction of sp³-hybridized carbons (Fsp3) is 0.375. The minimum absolute atomic E-state index is 0.0752. The van der Waals surface area contributed by atoms with Gasteiger partial charge in [0.15, 0.2) is 0 Å². The Kier molecular flexibility index (Phi) is 10.7. The van der Waals surface area contributed by atoms with Gasteiger partial charge in [-0.25, -0.2) is 8.42 Å². The van der Waals surface area contributed by atoms with Crippen molar-refractivity contribution < 1.29 is 22.7 Å². The Bertz CT molecular complexity index is 1490. The molecule has 0 heterocycles. The highest BCUT2D eigenvalue weighted by atomic mass is 79.9. The van der Waals surface area contributed by atoms with Crippen LogP contribution in [0.3, 0.4) is 0 Å². The number of methoxy groups -OCH3 is 1. The maximum absolute atomic E-state index is 14.2. The Hall–Kier alpha value is -3.37. The number of nitrogens with one attached hydrogen (secondary N) is 1. The van der Waals surface area contributed by atoms with Crippen LogP contribution >= 0.6 is 15.9 Å². The van der Waals surface area contributed by atoms with Gasteiger partial charge in [-0.3, -0.25) is 13.9 Å². The summed E-state index contributed by atoms with van der Waals surface area (Å²) in [5, 5.41) is 3.13. The van der Waals surface area contributed by atoms with E-state index in [1.807, 2.05) is 38.1 Å². The van der Waals surface area contributed by atoms with Crippen LogP contribution in [-0.2, 0) is 26.2 Å². The lowest BCUT2D eigenvalue weighted by molar-refractivity contribution is -0.140. The number of ether oxygens (including phenoxy) is 1. The van der Waals surface area contributed by atoms with E-state index in [-0.39, 0.29) is 23.4 Å². The molecule has 1 N–H and O–H groups in total. The van der Waals surface area contributed by atoms with E-state index in [4.69, 9.17) is 4.74 Å². The molecule has 1 aliphatic rings.